The lowest BCUT2D eigenvalue weighted by atomic mass is 10.2. The van der Waals surface area contributed by atoms with E-state index < -0.39 is 0 Å². The van der Waals surface area contributed by atoms with Crippen LogP contribution in [0.3, 0.4) is 0 Å². The first-order valence-electron chi connectivity index (χ1n) is 7.21. The molecule has 1 fully saturated rings. The molecule has 1 heterocycles. The standard InChI is InChI=1S/C14H28N2O3/c1-5-15(7-6-14(17)18-4)10-13-11-16(12(2)3)8-9-19-13/h12-13H,5-11H2,1-4H3. The summed E-state index contributed by atoms with van der Waals surface area (Å²) in [6, 6.07) is 0.566. The minimum absolute atomic E-state index is 0.146. The number of nitrogens with zero attached hydrogens (tertiary/aromatic N) is 2. The number of carbonyl (C=O) groups is 1. The summed E-state index contributed by atoms with van der Waals surface area (Å²) in [6.45, 7) is 11.9. The highest BCUT2D eigenvalue weighted by molar-refractivity contribution is 5.69. The van der Waals surface area contributed by atoms with Crippen molar-refractivity contribution in [2.75, 3.05) is 46.4 Å². The Bertz CT molecular complexity index is 271. The Morgan fingerprint density at radius 1 is 1.53 bits per heavy atom. The molecular weight excluding hydrogens is 244 g/mol. The smallest absolute Gasteiger partial charge is 0.306 e. The lowest BCUT2D eigenvalue weighted by molar-refractivity contribution is -0.141. The van der Waals surface area contributed by atoms with Gasteiger partial charge < -0.3 is 14.4 Å². The number of carbonyl (C=O) groups excluding carboxylic acids is 1. The summed E-state index contributed by atoms with van der Waals surface area (Å²) < 4.78 is 10.5. The normalized spacial score (nSPS) is 21.1. The van der Waals surface area contributed by atoms with Crippen LogP contribution in [0.15, 0.2) is 0 Å². The van der Waals surface area contributed by atoms with Crippen LogP contribution in [0.4, 0.5) is 0 Å². The molecule has 0 bridgehead atoms. The van der Waals surface area contributed by atoms with E-state index in [4.69, 9.17) is 4.74 Å². The van der Waals surface area contributed by atoms with Gasteiger partial charge in [0, 0.05) is 32.2 Å². The SMILES string of the molecule is CCN(CCC(=O)OC)CC1CN(C(C)C)CCO1. The van der Waals surface area contributed by atoms with E-state index in [0.717, 1.165) is 39.3 Å². The van der Waals surface area contributed by atoms with Gasteiger partial charge in [0.2, 0.25) is 0 Å². The average molecular weight is 272 g/mol. The van der Waals surface area contributed by atoms with E-state index in [1.54, 1.807) is 0 Å². The highest BCUT2D eigenvalue weighted by atomic mass is 16.5. The number of hydrogen-bond donors (Lipinski definition) is 0. The summed E-state index contributed by atoms with van der Waals surface area (Å²) in [5, 5.41) is 0. The fourth-order valence-electron chi connectivity index (χ4n) is 2.34. The number of rotatable bonds is 7. The zero-order valence-corrected chi connectivity index (χ0v) is 12.7. The van der Waals surface area contributed by atoms with Crippen LogP contribution in [-0.4, -0.2) is 74.4 Å². The van der Waals surface area contributed by atoms with Gasteiger partial charge >= 0.3 is 5.97 Å². The van der Waals surface area contributed by atoms with Crippen LogP contribution in [-0.2, 0) is 14.3 Å². The summed E-state index contributed by atoms with van der Waals surface area (Å²) >= 11 is 0. The third-order valence-corrected chi connectivity index (χ3v) is 3.67. The van der Waals surface area contributed by atoms with Gasteiger partial charge in [-0.1, -0.05) is 6.92 Å². The van der Waals surface area contributed by atoms with Crippen molar-refractivity contribution >= 4 is 5.97 Å². The molecule has 0 N–H and O–H groups in total. The van der Waals surface area contributed by atoms with Crippen LogP contribution < -0.4 is 0 Å². The van der Waals surface area contributed by atoms with Crippen molar-refractivity contribution in [3.8, 4) is 0 Å². The molecular formula is C14H28N2O3. The second-order valence-corrected chi connectivity index (χ2v) is 5.30. The number of hydrogen-bond acceptors (Lipinski definition) is 5. The van der Waals surface area contributed by atoms with Gasteiger partial charge in [-0.3, -0.25) is 9.69 Å². The Morgan fingerprint density at radius 2 is 2.26 bits per heavy atom. The molecule has 0 aromatic heterocycles. The number of ether oxygens (including phenoxy) is 2. The van der Waals surface area contributed by atoms with Gasteiger partial charge in [0.05, 0.1) is 26.2 Å². The molecule has 5 nitrogen and oxygen atoms in total. The van der Waals surface area contributed by atoms with Crippen molar-refractivity contribution in [3.05, 3.63) is 0 Å². The van der Waals surface area contributed by atoms with E-state index >= 15 is 0 Å². The molecule has 0 radical (unpaired) electrons. The molecule has 1 aliphatic heterocycles. The fourth-order valence-corrected chi connectivity index (χ4v) is 2.34. The Kier molecular flexibility index (Phi) is 7.34. The summed E-state index contributed by atoms with van der Waals surface area (Å²) in [4.78, 5) is 15.9. The summed E-state index contributed by atoms with van der Waals surface area (Å²) in [5.74, 6) is -0.146. The Morgan fingerprint density at radius 3 is 2.84 bits per heavy atom. The molecule has 0 saturated carbocycles. The minimum Gasteiger partial charge on any atom is -0.469 e. The van der Waals surface area contributed by atoms with E-state index in [2.05, 4.69) is 35.3 Å². The maximum absolute atomic E-state index is 11.2. The highest BCUT2D eigenvalue weighted by Gasteiger charge is 2.23. The van der Waals surface area contributed by atoms with Gasteiger partial charge in [-0.05, 0) is 20.4 Å². The molecule has 1 saturated heterocycles. The average Bonchev–Trinajstić information content (AvgIpc) is 2.43. The van der Waals surface area contributed by atoms with Crippen LogP contribution in [0.5, 0.6) is 0 Å². The molecule has 19 heavy (non-hydrogen) atoms. The molecule has 0 aromatic rings. The van der Waals surface area contributed by atoms with Crippen molar-refractivity contribution < 1.29 is 14.3 Å². The monoisotopic (exact) mass is 272 g/mol. The zero-order chi connectivity index (χ0) is 14.3. The quantitative estimate of drug-likeness (QED) is 0.646. The fraction of sp³-hybridized carbons (Fsp3) is 0.929. The number of methoxy groups -OCH3 is 1. The van der Waals surface area contributed by atoms with E-state index in [9.17, 15) is 4.79 Å². The maximum Gasteiger partial charge on any atom is 0.306 e. The van der Waals surface area contributed by atoms with Gasteiger partial charge in [-0.2, -0.15) is 0 Å². The van der Waals surface area contributed by atoms with Crippen molar-refractivity contribution in [1.82, 2.24) is 9.80 Å². The minimum atomic E-state index is -0.146. The zero-order valence-electron chi connectivity index (χ0n) is 12.7. The summed E-state index contributed by atoms with van der Waals surface area (Å²) in [6.07, 6.45) is 0.694. The van der Waals surface area contributed by atoms with Gasteiger partial charge in [-0.15, -0.1) is 0 Å². The lowest BCUT2D eigenvalue weighted by Gasteiger charge is -2.37. The third kappa shape index (κ3) is 5.89. The van der Waals surface area contributed by atoms with E-state index in [-0.39, 0.29) is 12.1 Å². The molecule has 1 rings (SSSR count). The van der Waals surface area contributed by atoms with Crippen LogP contribution in [0, 0.1) is 0 Å². The molecule has 5 heteroatoms. The second-order valence-electron chi connectivity index (χ2n) is 5.30. The number of morpholine rings is 1. The van der Waals surface area contributed by atoms with Gasteiger partial charge in [0.15, 0.2) is 0 Å². The summed E-state index contributed by atoms with van der Waals surface area (Å²) in [7, 11) is 1.43. The molecule has 0 aliphatic carbocycles. The van der Waals surface area contributed by atoms with Crippen LogP contribution in [0.1, 0.15) is 27.2 Å². The lowest BCUT2D eigenvalue weighted by Crippen LogP contribution is -2.50. The molecule has 1 atom stereocenters. The Labute approximate surface area is 116 Å². The first-order valence-corrected chi connectivity index (χ1v) is 7.21. The van der Waals surface area contributed by atoms with E-state index in [0.29, 0.717) is 12.5 Å². The van der Waals surface area contributed by atoms with E-state index in [1.165, 1.54) is 7.11 Å². The molecule has 1 unspecified atom stereocenters. The first-order chi connectivity index (χ1) is 9.06. The molecule has 112 valence electrons. The van der Waals surface area contributed by atoms with Crippen molar-refractivity contribution in [1.29, 1.82) is 0 Å². The topological polar surface area (TPSA) is 42.0 Å². The maximum atomic E-state index is 11.2. The van der Waals surface area contributed by atoms with E-state index in [1.807, 2.05) is 0 Å². The number of likely N-dealkylation sites (N-methyl/N-ethyl adjacent to an activating group) is 1. The summed E-state index contributed by atoms with van der Waals surface area (Å²) in [5.41, 5.74) is 0. The van der Waals surface area contributed by atoms with Gasteiger partial charge in [0.25, 0.3) is 0 Å². The Hall–Kier alpha value is -0.650. The second kappa shape index (κ2) is 8.51. The highest BCUT2D eigenvalue weighted by Crippen LogP contribution is 2.10. The van der Waals surface area contributed by atoms with Crippen LogP contribution in [0.2, 0.25) is 0 Å². The predicted molar refractivity (Wildman–Crippen MR) is 75.2 cm³/mol. The molecule has 0 spiro atoms. The molecule has 0 amide bonds. The van der Waals surface area contributed by atoms with Crippen LogP contribution in [0.25, 0.3) is 0 Å². The van der Waals surface area contributed by atoms with Crippen molar-refractivity contribution in [2.45, 2.75) is 39.3 Å². The van der Waals surface area contributed by atoms with Gasteiger partial charge in [-0.25, -0.2) is 0 Å². The van der Waals surface area contributed by atoms with Crippen molar-refractivity contribution in [3.63, 3.8) is 0 Å². The first kappa shape index (κ1) is 16.4. The van der Waals surface area contributed by atoms with Crippen molar-refractivity contribution in [2.24, 2.45) is 0 Å². The molecule has 0 aromatic carbocycles. The number of esters is 1. The molecule has 1 aliphatic rings. The predicted octanol–water partition coefficient (Wildman–Crippen LogP) is 0.981. The Balaban J connectivity index is 2.35. The van der Waals surface area contributed by atoms with Crippen LogP contribution >= 0.6 is 0 Å². The largest absolute Gasteiger partial charge is 0.469 e. The van der Waals surface area contributed by atoms with Gasteiger partial charge in [0.1, 0.15) is 0 Å². The third-order valence-electron chi connectivity index (χ3n) is 3.67.